The van der Waals surface area contributed by atoms with Crippen LogP contribution in [0.25, 0.3) is 11.0 Å². The van der Waals surface area contributed by atoms with E-state index in [1.165, 1.54) is 15.3 Å². The number of rotatable bonds is 9. The molecule has 0 fully saturated rings. The molecule has 0 unspecified atom stereocenters. The number of fused-ring (bicyclic) bond motifs is 1. The molecule has 0 bridgehead atoms. The Morgan fingerprint density at radius 3 is 2.34 bits per heavy atom. The molecule has 0 aliphatic heterocycles. The van der Waals surface area contributed by atoms with Crippen molar-refractivity contribution in [2.75, 3.05) is 25.0 Å². The number of nitrogens with zero attached hydrogens (tertiary/aromatic N) is 4. The number of aromatic nitrogens is 4. The van der Waals surface area contributed by atoms with Gasteiger partial charge in [0.25, 0.3) is 10.0 Å². The van der Waals surface area contributed by atoms with Gasteiger partial charge in [-0.2, -0.15) is 8.42 Å². The first-order valence-electron chi connectivity index (χ1n) is 10.7. The highest BCUT2D eigenvalue weighted by Crippen LogP contribution is 2.35. The van der Waals surface area contributed by atoms with E-state index in [1.807, 2.05) is 0 Å². The van der Waals surface area contributed by atoms with Gasteiger partial charge in [0, 0.05) is 46.6 Å². The van der Waals surface area contributed by atoms with E-state index < -0.39 is 10.0 Å². The van der Waals surface area contributed by atoms with Gasteiger partial charge < -0.3 is 18.8 Å². The zero-order valence-corrected chi connectivity index (χ0v) is 20.9. The zero-order valence-electron chi connectivity index (χ0n) is 20.1. The van der Waals surface area contributed by atoms with Gasteiger partial charge in [0.05, 0.1) is 23.3 Å². The van der Waals surface area contributed by atoms with E-state index in [-0.39, 0.29) is 22.2 Å². The Balaban J connectivity index is 1.77. The van der Waals surface area contributed by atoms with E-state index in [0.29, 0.717) is 41.6 Å². The summed E-state index contributed by atoms with van der Waals surface area (Å²) >= 11 is 0. The van der Waals surface area contributed by atoms with Gasteiger partial charge in [0.2, 0.25) is 0 Å². The number of ether oxygens (including phenoxy) is 3. The summed E-state index contributed by atoms with van der Waals surface area (Å²) in [7, 11) is 2.52. The number of aryl methyl sites for hydroxylation is 4. The lowest BCUT2D eigenvalue weighted by Gasteiger charge is -2.14. The average molecular weight is 502 g/mol. The smallest absolute Gasteiger partial charge is 0.328 e. The number of sulfonamides is 1. The SMILES string of the molecule is COCCOc1cccc(Oc2cc3c(cc2NS(=O)(=O)c2cn(C)c(C)n2)n(C)c(=O)n3C)c1. The highest BCUT2D eigenvalue weighted by molar-refractivity contribution is 7.92. The van der Waals surface area contributed by atoms with Crippen molar-refractivity contribution in [2.45, 2.75) is 11.9 Å². The minimum absolute atomic E-state index is 0.126. The van der Waals surface area contributed by atoms with Crippen molar-refractivity contribution in [1.29, 1.82) is 0 Å². The van der Waals surface area contributed by atoms with Crippen LogP contribution < -0.4 is 19.9 Å². The Kier molecular flexibility index (Phi) is 6.59. The third-order valence-electron chi connectivity index (χ3n) is 5.57. The summed E-state index contributed by atoms with van der Waals surface area (Å²) in [6.45, 7) is 2.51. The Labute approximate surface area is 202 Å². The standard InChI is InChI=1S/C23H27N5O6S/c1-15-24-22(14-26(15)2)35(30,31)25-18-12-19-20(28(4)23(29)27(19)3)13-21(18)34-17-8-6-7-16(11-17)33-10-9-32-5/h6-8,11-14,25H,9-10H2,1-5H3. The van der Waals surface area contributed by atoms with Crippen LogP contribution in [-0.4, -0.2) is 47.4 Å². The molecule has 0 radical (unpaired) electrons. The molecule has 2 aromatic heterocycles. The van der Waals surface area contributed by atoms with Crippen molar-refractivity contribution in [3.63, 3.8) is 0 Å². The topological polar surface area (TPSA) is 119 Å². The van der Waals surface area contributed by atoms with Gasteiger partial charge in [0.15, 0.2) is 10.8 Å². The van der Waals surface area contributed by atoms with Crippen molar-refractivity contribution in [2.24, 2.45) is 21.1 Å². The third kappa shape index (κ3) is 4.88. The maximum atomic E-state index is 13.1. The molecule has 1 N–H and O–H groups in total. The normalized spacial score (nSPS) is 11.7. The molecule has 11 nitrogen and oxygen atoms in total. The van der Waals surface area contributed by atoms with Crippen molar-refractivity contribution < 1.29 is 22.6 Å². The molecule has 2 heterocycles. The summed E-state index contributed by atoms with van der Waals surface area (Å²) in [5, 5.41) is -0.126. The molecule has 0 aliphatic rings. The molecule has 0 amide bonds. The number of methoxy groups -OCH3 is 1. The minimum Gasteiger partial charge on any atom is -0.491 e. The highest BCUT2D eigenvalue weighted by atomic mass is 32.2. The average Bonchev–Trinajstić information content (AvgIpc) is 3.26. The third-order valence-corrected chi connectivity index (χ3v) is 6.81. The first-order chi connectivity index (χ1) is 16.6. The van der Waals surface area contributed by atoms with Gasteiger partial charge in [-0.15, -0.1) is 0 Å². The van der Waals surface area contributed by atoms with Crippen molar-refractivity contribution in [3.8, 4) is 17.2 Å². The predicted molar refractivity (Wildman–Crippen MR) is 131 cm³/mol. The van der Waals surface area contributed by atoms with Crippen molar-refractivity contribution >= 4 is 26.7 Å². The number of nitrogens with one attached hydrogen (secondary N) is 1. The molecule has 0 spiro atoms. The fourth-order valence-corrected chi connectivity index (χ4v) is 4.64. The second-order valence-electron chi connectivity index (χ2n) is 8.00. The van der Waals surface area contributed by atoms with Gasteiger partial charge in [-0.3, -0.25) is 13.9 Å². The quantitative estimate of drug-likeness (QED) is 0.350. The molecule has 4 rings (SSSR count). The molecular weight excluding hydrogens is 474 g/mol. The van der Waals surface area contributed by atoms with Crippen molar-refractivity contribution in [1.82, 2.24) is 18.7 Å². The van der Waals surface area contributed by atoms with E-state index in [0.717, 1.165) is 0 Å². The molecule has 35 heavy (non-hydrogen) atoms. The van der Waals surface area contributed by atoms with E-state index in [2.05, 4.69) is 9.71 Å². The Bertz CT molecular complexity index is 1530. The summed E-state index contributed by atoms with van der Waals surface area (Å²) in [6, 6.07) is 10.1. The number of imidazole rings is 2. The van der Waals surface area contributed by atoms with E-state index >= 15 is 0 Å². The Morgan fingerprint density at radius 1 is 1.00 bits per heavy atom. The van der Waals surface area contributed by atoms with E-state index in [9.17, 15) is 13.2 Å². The maximum Gasteiger partial charge on any atom is 0.328 e. The molecule has 0 atom stereocenters. The van der Waals surface area contributed by atoms with E-state index in [1.54, 1.807) is 76.1 Å². The second-order valence-corrected chi connectivity index (χ2v) is 9.63. The monoisotopic (exact) mass is 501 g/mol. The molecular formula is C23H27N5O6S. The summed E-state index contributed by atoms with van der Waals surface area (Å²) in [4.78, 5) is 16.6. The van der Waals surface area contributed by atoms with Crippen LogP contribution >= 0.6 is 0 Å². The van der Waals surface area contributed by atoms with Crippen LogP contribution in [0, 0.1) is 6.92 Å². The lowest BCUT2D eigenvalue weighted by Crippen LogP contribution is -2.19. The summed E-state index contributed by atoms with van der Waals surface area (Å²) in [6.07, 6.45) is 1.43. The van der Waals surface area contributed by atoms with E-state index in [4.69, 9.17) is 14.2 Å². The molecule has 0 saturated heterocycles. The Morgan fingerprint density at radius 2 is 1.69 bits per heavy atom. The van der Waals surface area contributed by atoms with Gasteiger partial charge in [-0.05, 0) is 25.1 Å². The maximum absolute atomic E-state index is 13.1. The summed E-state index contributed by atoms with van der Waals surface area (Å²) in [5.41, 5.74) is 1.03. The lowest BCUT2D eigenvalue weighted by atomic mass is 10.2. The highest BCUT2D eigenvalue weighted by Gasteiger charge is 2.23. The first kappa shape index (κ1) is 24.4. The number of benzene rings is 2. The van der Waals surface area contributed by atoms with Crippen LogP contribution in [0.3, 0.4) is 0 Å². The fourth-order valence-electron chi connectivity index (χ4n) is 3.54. The number of hydrogen-bond donors (Lipinski definition) is 1. The van der Waals surface area contributed by atoms with Gasteiger partial charge in [-0.1, -0.05) is 6.07 Å². The molecule has 12 heteroatoms. The number of hydrogen-bond acceptors (Lipinski definition) is 7. The van der Waals surface area contributed by atoms with Crippen LogP contribution in [0.1, 0.15) is 5.82 Å². The Hall–Kier alpha value is -3.77. The molecule has 186 valence electrons. The van der Waals surface area contributed by atoms with Gasteiger partial charge in [0.1, 0.15) is 23.9 Å². The molecule has 0 saturated carbocycles. The molecule has 0 aliphatic carbocycles. The van der Waals surface area contributed by atoms with Crippen LogP contribution in [0.4, 0.5) is 5.69 Å². The van der Waals surface area contributed by atoms with Crippen LogP contribution in [0.15, 0.2) is 52.4 Å². The van der Waals surface area contributed by atoms with Crippen LogP contribution in [-0.2, 0) is 35.9 Å². The fraction of sp³-hybridized carbons (Fsp3) is 0.304. The summed E-state index contributed by atoms with van der Waals surface area (Å²) < 4.78 is 50.1. The van der Waals surface area contributed by atoms with Gasteiger partial charge in [-0.25, -0.2) is 9.78 Å². The second kappa shape index (κ2) is 9.47. The predicted octanol–water partition coefficient (Wildman–Crippen LogP) is 2.54. The minimum atomic E-state index is -4.03. The summed E-state index contributed by atoms with van der Waals surface area (Å²) in [5.74, 6) is 1.75. The zero-order chi connectivity index (χ0) is 25.3. The number of anilines is 1. The lowest BCUT2D eigenvalue weighted by molar-refractivity contribution is 0.146. The van der Waals surface area contributed by atoms with Crippen molar-refractivity contribution in [3.05, 3.63) is 58.9 Å². The molecule has 2 aromatic carbocycles. The first-order valence-corrected chi connectivity index (χ1v) is 12.2. The largest absolute Gasteiger partial charge is 0.491 e. The van der Waals surface area contributed by atoms with Crippen LogP contribution in [0.5, 0.6) is 17.2 Å². The molecule has 4 aromatic rings. The van der Waals surface area contributed by atoms with Gasteiger partial charge >= 0.3 is 5.69 Å². The van der Waals surface area contributed by atoms with Crippen LogP contribution in [0.2, 0.25) is 0 Å².